The van der Waals surface area contributed by atoms with E-state index in [9.17, 15) is 5.26 Å². The van der Waals surface area contributed by atoms with E-state index in [1.165, 1.54) is 11.1 Å². The molecular formula is C20H19NO. The summed E-state index contributed by atoms with van der Waals surface area (Å²) in [6, 6.07) is 14.9. The molecule has 22 heavy (non-hydrogen) atoms. The van der Waals surface area contributed by atoms with Crippen molar-refractivity contribution in [3.8, 4) is 22.9 Å². The van der Waals surface area contributed by atoms with E-state index >= 15 is 0 Å². The topological polar surface area (TPSA) is 33.0 Å². The number of methoxy groups -OCH3 is 1. The van der Waals surface area contributed by atoms with Gasteiger partial charge in [0.05, 0.1) is 18.8 Å². The Hall–Kier alpha value is -2.53. The van der Waals surface area contributed by atoms with Gasteiger partial charge in [0.1, 0.15) is 5.75 Å². The highest BCUT2D eigenvalue weighted by Crippen LogP contribution is 2.40. The number of rotatable bonds is 3. The van der Waals surface area contributed by atoms with E-state index in [1.54, 1.807) is 7.11 Å². The Morgan fingerprint density at radius 1 is 1.14 bits per heavy atom. The van der Waals surface area contributed by atoms with Gasteiger partial charge in [0.2, 0.25) is 0 Å². The second-order valence-electron chi connectivity index (χ2n) is 5.45. The van der Waals surface area contributed by atoms with Crippen LogP contribution in [0.5, 0.6) is 5.75 Å². The van der Waals surface area contributed by atoms with Crippen molar-refractivity contribution in [2.24, 2.45) is 0 Å². The van der Waals surface area contributed by atoms with E-state index < -0.39 is 0 Å². The van der Waals surface area contributed by atoms with Crippen LogP contribution in [0.15, 0.2) is 42.5 Å². The Kier molecular flexibility index (Phi) is 3.98. The normalized spacial score (nSPS) is 13.0. The minimum absolute atomic E-state index is 0.765. The van der Waals surface area contributed by atoms with Crippen molar-refractivity contribution >= 4 is 5.57 Å². The van der Waals surface area contributed by atoms with Crippen molar-refractivity contribution in [3.05, 3.63) is 59.2 Å². The number of allylic oxidation sites excluding steroid dienone is 2. The minimum atomic E-state index is 0.765. The van der Waals surface area contributed by atoms with Crippen molar-refractivity contribution in [1.29, 1.82) is 5.26 Å². The third-order valence-corrected chi connectivity index (χ3v) is 4.31. The maximum atomic E-state index is 9.54. The average Bonchev–Trinajstić information content (AvgIpc) is 2.60. The van der Waals surface area contributed by atoms with Gasteiger partial charge in [0.15, 0.2) is 0 Å². The molecular weight excluding hydrogens is 270 g/mol. The van der Waals surface area contributed by atoms with Gasteiger partial charge in [-0.1, -0.05) is 43.3 Å². The summed E-state index contributed by atoms with van der Waals surface area (Å²) in [5.74, 6) is 0.883. The van der Waals surface area contributed by atoms with Crippen molar-refractivity contribution in [3.63, 3.8) is 0 Å². The molecule has 0 fully saturated rings. The molecule has 0 bridgehead atoms. The molecule has 0 unspecified atom stereocenters. The van der Waals surface area contributed by atoms with E-state index in [2.05, 4.69) is 43.3 Å². The molecule has 0 heterocycles. The van der Waals surface area contributed by atoms with E-state index in [4.69, 9.17) is 4.74 Å². The van der Waals surface area contributed by atoms with Gasteiger partial charge in [-0.15, -0.1) is 0 Å². The lowest BCUT2D eigenvalue weighted by Gasteiger charge is -2.22. The third-order valence-electron chi connectivity index (χ3n) is 4.31. The van der Waals surface area contributed by atoms with Crippen LogP contribution in [0, 0.1) is 11.3 Å². The summed E-state index contributed by atoms with van der Waals surface area (Å²) in [6.45, 7) is 2.16. The number of ether oxygens (including phenoxy) is 1. The summed E-state index contributed by atoms with van der Waals surface area (Å²) in [5, 5.41) is 9.54. The number of nitriles is 1. The molecule has 0 saturated heterocycles. The number of aryl methyl sites for hydroxylation is 1. The highest BCUT2D eigenvalue weighted by molar-refractivity contribution is 5.91. The molecule has 2 nitrogen and oxygen atoms in total. The van der Waals surface area contributed by atoms with Gasteiger partial charge in [-0.3, -0.25) is 0 Å². The highest BCUT2D eigenvalue weighted by Gasteiger charge is 2.21. The molecule has 0 spiro atoms. The standard InChI is InChI=1S/C20H19NO/c1-3-14-7-4-5-9-16(14)17-11-12-19(22-2)18-10-6-8-15(13-21)20(17)18/h4-5,7-9,11-12H,3,6,10H2,1-2H3. The second-order valence-corrected chi connectivity index (χ2v) is 5.45. The zero-order valence-corrected chi connectivity index (χ0v) is 13.0. The lowest BCUT2D eigenvalue weighted by Crippen LogP contribution is -2.05. The first-order valence-corrected chi connectivity index (χ1v) is 7.69. The average molecular weight is 289 g/mol. The van der Waals surface area contributed by atoms with Crippen LogP contribution in [0.1, 0.15) is 30.0 Å². The molecule has 3 rings (SSSR count). The molecule has 110 valence electrons. The van der Waals surface area contributed by atoms with Crippen molar-refractivity contribution in [1.82, 2.24) is 0 Å². The Morgan fingerprint density at radius 2 is 1.95 bits per heavy atom. The predicted molar refractivity (Wildman–Crippen MR) is 89.7 cm³/mol. The van der Waals surface area contributed by atoms with Crippen LogP contribution in [-0.4, -0.2) is 7.11 Å². The largest absolute Gasteiger partial charge is 0.496 e. The lowest BCUT2D eigenvalue weighted by molar-refractivity contribution is 0.409. The molecule has 2 aromatic carbocycles. The zero-order valence-electron chi connectivity index (χ0n) is 13.0. The van der Waals surface area contributed by atoms with Crippen LogP contribution >= 0.6 is 0 Å². The number of fused-ring (bicyclic) bond motifs is 1. The van der Waals surface area contributed by atoms with Crippen LogP contribution < -0.4 is 4.74 Å². The van der Waals surface area contributed by atoms with Crippen LogP contribution in [0.3, 0.4) is 0 Å². The molecule has 0 saturated carbocycles. The summed E-state index contributed by atoms with van der Waals surface area (Å²) < 4.78 is 5.52. The molecule has 1 aliphatic rings. The Morgan fingerprint density at radius 3 is 2.68 bits per heavy atom. The second kappa shape index (κ2) is 6.07. The monoisotopic (exact) mass is 289 g/mol. The van der Waals surface area contributed by atoms with E-state index in [0.717, 1.165) is 47.3 Å². The molecule has 0 atom stereocenters. The van der Waals surface area contributed by atoms with Gasteiger partial charge in [-0.05, 0) is 42.0 Å². The summed E-state index contributed by atoms with van der Waals surface area (Å²) >= 11 is 0. The Balaban J connectivity index is 2.31. The van der Waals surface area contributed by atoms with Crippen molar-refractivity contribution < 1.29 is 4.74 Å². The van der Waals surface area contributed by atoms with E-state index in [0.29, 0.717) is 0 Å². The molecule has 1 aliphatic carbocycles. The first kappa shape index (κ1) is 14.4. The number of benzene rings is 2. The fourth-order valence-corrected chi connectivity index (χ4v) is 3.26. The number of hydrogen-bond donors (Lipinski definition) is 0. The number of hydrogen-bond acceptors (Lipinski definition) is 2. The number of nitrogens with zero attached hydrogens (tertiary/aromatic N) is 1. The van der Waals surface area contributed by atoms with Crippen LogP contribution in [-0.2, 0) is 12.8 Å². The van der Waals surface area contributed by atoms with E-state index in [-0.39, 0.29) is 0 Å². The Bertz CT molecular complexity index is 781. The molecule has 0 amide bonds. The van der Waals surface area contributed by atoms with Gasteiger partial charge in [-0.2, -0.15) is 5.26 Å². The van der Waals surface area contributed by atoms with Crippen LogP contribution in [0.2, 0.25) is 0 Å². The molecule has 0 aliphatic heterocycles. The van der Waals surface area contributed by atoms with Gasteiger partial charge in [-0.25, -0.2) is 0 Å². The van der Waals surface area contributed by atoms with Gasteiger partial charge in [0.25, 0.3) is 0 Å². The van der Waals surface area contributed by atoms with Gasteiger partial charge in [0, 0.05) is 11.1 Å². The smallest absolute Gasteiger partial charge is 0.122 e. The summed E-state index contributed by atoms with van der Waals surface area (Å²) in [7, 11) is 1.69. The predicted octanol–water partition coefficient (Wildman–Crippen LogP) is 4.78. The molecule has 0 N–H and O–H groups in total. The molecule has 0 radical (unpaired) electrons. The highest BCUT2D eigenvalue weighted by atomic mass is 16.5. The maximum Gasteiger partial charge on any atom is 0.122 e. The molecule has 2 aromatic rings. The van der Waals surface area contributed by atoms with Crippen molar-refractivity contribution in [2.45, 2.75) is 26.2 Å². The fourth-order valence-electron chi connectivity index (χ4n) is 3.26. The summed E-state index contributed by atoms with van der Waals surface area (Å²) in [5.41, 5.74) is 6.63. The molecule has 2 heteroatoms. The van der Waals surface area contributed by atoms with Gasteiger partial charge < -0.3 is 4.74 Å². The van der Waals surface area contributed by atoms with Crippen LogP contribution in [0.25, 0.3) is 16.7 Å². The first-order chi connectivity index (χ1) is 10.8. The zero-order chi connectivity index (χ0) is 15.5. The van der Waals surface area contributed by atoms with Crippen LogP contribution in [0.4, 0.5) is 0 Å². The summed E-state index contributed by atoms with van der Waals surface area (Å²) in [6.07, 6.45) is 4.83. The minimum Gasteiger partial charge on any atom is -0.496 e. The first-order valence-electron chi connectivity index (χ1n) is 7.69. The van der Waals surface area contributed by atoms with E-state index in [1.807, 2.05) is 12.1 Å². The third kappa shape index (κ3) is 2.29. The van der Waals surface area contributed by atoms with Crippen molar-refractivity contribution in [2.75, 3.05) is 7.11 Å². The van der Waals surface area contributed by atoms with Gasteiger partial charge >= 0.3 is 0 Å². The maximum absolute atomic E-state index is 9.54. The SMILES string of the molecule is CCc1ccccc1-c1ccc(OC)c2c1C(C#N)=CCC2. The molecule has 0 aromatic heterocycles. The lowest BCUT2D eigenvalue weighted by atomic mass is 9.83. The Labute approximate surface area is 131 Å². The quantitative estimate of drug-likeness (QED) is 0.814. The summed E-state index contributed by atoms with van der Waals surface area (Å²) in [4.78, 5) is 0. The fraction of sp³-hybridized carbons (Fsp3) is 0.250.